The van der Waals surface area contributed by atoms with E-state index in [1.54, 1.807) is 12.1 Å². The Labute approximate surface area is 78.2 Å². The fourth-order valence-electron chi connectivity index (χ4n) is 1.71. The molecular formula is C11H14O2. The molecule has 0 spiro atoms. The molecule has 1 unspecified atom stereocenters. The topological polar surface area (TPSA) is 32.8 Å². The van der Waals surface area contributed by atoms with E-state index in [0.717, 1.165) is 19.4 Å². The molecular weight excluding hydrogens is 164 g/mol. The number of ether oxygens (including phenoxy) is 1. The summed E-state index contributed by atoms with van der Waals surface area (Å²) < 4.78 is 5.48. The summed E-state index contributed by atoms with van der Waals surface area (Å²) in [6, 6.07) is 7.32. The smallest absolute Gasteiger partial charge is 0.117 e. The van der Waals surface area contributed by atoms with Crippen molar-refractivity contribution < 1.29 is 9.84 Å². The maximum absolute atomic E-state index is 9.13. The molecule has 1 aromatic carbocycles. The van der Waals surface area contributed by atoms with Gasteiger partial charge in [-0.15, -0.1) is 0 Å². The molecule has 2 heteroatoms. The van der Waals surface area contributed by atoms with Gasteiger partial charge in [0.2, 0.25) is 0 Å². The molecule has 1 N–H and O–H groups in total. The molecule has 0 bridgehead atoms. The molecule has 1 saturated heterocycles. The number of benzene rings is 1. The Morgan fingerprint density at radius 3 is 2.46 bits per heavy atom. The van der Waals surface area contributed by atoms with Gasteiger partial charge in [-0.25, -0.2) is 0 Å². The van der Waals surface area contributed by atoms with E-state index in [9.17, 15) is 0 Å². The lowest BCUT2D eigenvalue weighted by molar-refractivity contribution is 0.291. The van der Waals surface area contributed by atoms with Crippen LogP contribution in [0.5, 0.6) is 5.75 Å². The lowest BCUT2D eigenvalue weighted by Gasteiger charge is -2.10. The number of epoxide rings is 1. The average Bonchev–Trinajstić information content (AvgIpc) is 2.87. The van der Waals surface area contributed by atoms with Crippen LogP contribution in [0.1, 0.15) is 25.3 Å². The second-order valence-corrected chi connectivity index (χ2v) is 3.58. The minimum Gasteiger partial charge on any atom is -0.508 e. The van der Waals surface area contributed by atoms with Gasteiger partial charge in [-0.05, 0) is 24.1 Å². The van der Waals surface area contributed by atoms with Crippen molar-refractivity contribution in [3.63, 3.8) is 0 Å². The van der Waals surface area contributed by atoms with Gasteiger partial charge in [-0.2, -0.15) is 0 Å². The van der Waals surface area contributed by atoms with Gasteiger partial charge in [0, 0.05) is 0 Å². The van der Waals surface area contributed by atoms with Crippen LogP contribution in [0, 0.1) is 0 Å². The third-order valence-corrected chi connectivity index (χ3v) is 2.54. The first-order valence-electron chi connectivity index (χ1n) is 4.70. The Hall–Kier alpha value is -1.02. The number of hydrogen-bond acceptors (Lipinski definition) is 2. The lowest BCUT2D eigenvalue weighted by atomic mass is 9.95. The van der Waals surface area contributed by atoms with Crippen LogP contribution in [0.3, 0.4) is 0 Å². The van der Waals surface area contributed by atoms with Gasteiger partial charge >= 0.3 is 0 Å². The van der Waals surface area contributed by atoms with Crippen LogP contribution in [0.2, 0.25) is 0 Å². The summed E-state index contributed by atoms with van der Waals surface area (Å²) in [7, 11) is 0. The van der Waals surface area contributed by atoms with E-state index >= 15 is 0 Å². The summed E-state index contributed by atoms with van der Waals surface area (Å²) in [4.78, 5) is 0. The summed E-state index contributed by atoms with van der Waals surface area (Å²) in [6.07, 6.45) is 2.19. The molecule has 0 aromatic heterocycles. The molecule has 0 saturated carbocycles. The predicted octanol–water partition coefficient (Wildman–Crippen LogP) is 2.42. The molecule has 2 rings (SSSR count). The molecule has 0 aliphatic carbocycles. The first-order valence-corrected chi connectivity index (χ1v) is 4.70. The van der Waals surface area contributed by atoms with Gasteiger partial charge in [-0.3, -0.25) is 0 Å². The Bertz CT molecular complexity index is 285. The number of aromatic hydroxyl groups is 1. The Morgan fingerprint density at radius 2 is 2.00 bits per heavy atom. The molecule has 1 heterocycles. The Balaban J connectivity index is 2.20. The van der Waals surface area contributed by atoms with Crippen molar-refractivity contribution >= 4 is 0 Å². The second-order valence-electron chi connectivity index (χ2n) is 3.58. The molecule has 0 radical (unpaired) electrons. The summed E-state index contributed by atoms with van der Waals surface area (Å²) in [5.74, 6) is 0.316. The average molecular weight is 178 g/mol. The van der Waals surface area contributed by atoms with Crippen molar-refractivity contribution in [2.45, 2.75) is 25.4 Å². The van der Waals surface area contributed by atoms with E-state index in [1.165, 1.54) is 5.56 Å². The van der Waals surface area contributed by atoms with Gasteiger partial charge in [-0.1, -0.05) is 25.5 Å². The van der Waals surface area contributed by atoms with Gasteiger partial charge in [0.1, 0.15) is 11.4 Å². The van der Waals surface area contributed by atoms with E-state index in [4.69, 9.17) is 9.84 Å². The predicted molar refractivity (Wildman–Crippen MR) is 50.6 cm³/mol. The number of phenols is 1. The number of phenolic OH excluding ortho intramolecular Hbond substituents is 1. The van der Waals surface area contributed by atoms with Crippen LogP contribution in [-0.4, -0.2) is 11.7 Å². The number of rotatable bonds is 3. The molecule has 13 heavy (non-hydrogen) atoms. The van der Waals surface area contributed by atoms with Crippen molar-refractivity contribution in [3.05, 3.63) is 29.8 Å². The summed E-state index contributed by atoms with van der Waals surface area (Å²) in [5.41, 5.74) is 1.16. The van der Waals surface area contributed by atoms with E-state index < -0.39 is 0 Å². The zero-order chi connectivity index (χ0) is 9.31. The minimum atomic E-state index is -0.0253. The van der Waals surface area contributed by atoms with Gasteiger partial charge in [0.25, 0.3) is 0 Å². The molecule has 0 amide bonds. The summed E-state index contributed by atoms with van der Waals surface area (Å²) >= 11 is 0. The molecule has 1 atom stereocenters. The molecule has 1 aliphatic rings. The molecule has 1 aromatic rings. The fourth-order valence-corrected chi connectivity index (χ4v) is 1.71. The summed E-state index contributed by atoms with van der Waals surface area (Å²) in [5, 5.41) is 9.13. The van der Waals surface area contributed by atoms with E-state index in [0.29, 0.717) is 5.75 Å². The zero-order valence-electron chi connectivity index (χ0n) is 7.79. The largest absolute Gasteiger partial charge is 0.508 e. The third kappa shape index (κ3) is 1.54. The maximum atomic E-state index is 9.13. The highest BCUT2D eigenvalue weighted by Crippen LogP contribution is 2.43. The molecule has 1 fully saturated rings. The van der Waals surface area contributed by atoms with Crippen LogP contribution in [0.25, 0.3) is 0 Å². The van der Waals surface area contributed by atoms with Crippen molar-refractivity contribution in [1.82, 2.24) is 0 Å². The first kappa shape index (κ1) is 8.57. The van der Waals surface area contributed by atoms with E-state index in [1.807, 2.05) is 12.1 Å². The Morgan fingerprint density at radius 1 is 1.38 bits per heavy atom. The molecule has 70 valence electrons. The van der Waals surface area contributed by atoms with E-state index in [-0.39, 0.29) is 5.60 Å². The number of hydrogen-bond donors (Lipinski definition) is 1. The second kappa shape index (κ2) is 3.04. The van der Waals surface area contributed by atoms with Crippen LogP contribution < -0.4 is 0 Å². The Kier molecular flexibility index (Phi) is 2.00. The van der Waals surface area contributed by atoms with Gasteiger partial charge in [0.15, 0.2) is 0 Å². The van der Waals surface area contributed by atoms with E-state index in [2.05, 4.69) is 6.92 Å². The van der Waals surface area contributed by atoms with Crippen molar-refractivity contribution in [1.29, 1.82) is 0 Å². The van der Waals surface area contributed by atoms with Crippen molar-refractivity contribution in [2.24, 2.45) is 0 Å². The highest BCUT2D eigenvalue weighted by Gasteiger charge is 2.45. The fraction of sp³-hybridized carbons (Fsp3) is 0.455. The highest BCUT2D eigenvalue weighted by atomic mass is 16.6. The van der Waals surface area contributed by atoms with Crippen LogP contribution in [0.4, 0.5) is 0 Å². The van der Waals surface area contributed by atoms with Gasteiger partial charge in [0.05, 0.1) is 6.61 Å². The lowest BCUT2D eigenvalue weighted by Crippen LogP contribution is -2.07. The van der Waals surface area contributed by atoms with Gasteiger partial charge < -0.3 is 9.84 Å². The van der Waals surface area contributed by atoms with Crippen LogP contribution >= 0.6 is 0 Å². The third-order valence-electron chi connectivity index (χ3n) is 2.54. The summed E-state index contributed by atoms with van der Waals surface area (Å²) in [6.45, 7) is 2.98. The standard InChI is InChI=1S/C11H14O2/c1-2-7-11(8-13-11)9-3-5-10(12)6-4-9/h3-6,12H,2,7-8H2,1H3. The van der Waals surface area contributed by atoms with Crippen LogP contribution in [-0.2, 0) is 10.3 Å². The maximum Gasteiger partial charge on any atom is 0.117 e. The van der Waals surface area contributed by atoms with Crippen LogP contribution in [0.15, 0.2) is 24.3 Å². The molecule has 2 nitrogen and oxygen atoms in total. The normalized spacial score (nSPS) is 25.9. The SMILES string of the molecule is CCCC1(c2ccc(O)cc2)CO1. The zero-order valence-corrected chi connectivity index (χ0v) is 7.79. The minimum absolute atomic E-state index is 0.0253. The quantitative estimate of drug-likeness (QED) is 0.721. The highest BCUT2D eigenvalue weighted by molar-refractivity contribution is 5.32. The van der Waals surface area contributed by atoms with Crippen molar-refractivity contribution in [2.75, 3.05) is 6.61 Å². The first-order chi connectivity index (χ1) is 6.27. The monoisotopic (exact) mass is 178 g/mol. The molecule has 1 aliphatic heterocycles. The van der Waals surface area contributed by atoms with Crippen molar-refractivity contribution in [3.8, 4) is 5.75 Å².